The second-order valence-corrected chi connectivity index (χ2v) is 4.71. The monoisotopic (exact) mass is 241 g/mol. The normalized spacial score (nSPS) is 22.5. The van der Waals surface area contributed by atoms with Gasteiger partial charge in [0.15, 0.2) is 0 Å². The van der Waals surface area contributed by atoms with Crippen LogP contribution < -0.4 is 4.90 Å². The van der Waals surface area contributed by atoms with E-state index in [-0.39, 0.29) is 6.10 Å². The molecule has 4 nitrogen and oxygen atoms in total. The molecule has 1 aliphatic rings. The quantitative estimate of drug-likeness (QED) is 0.800. The summed E-state index contributed by atoms with van der Waals surface area (Å²) in [6.45, 7) is 5.52. The molecule has 88 valence electrons. The minimum absolute atomic E-state index is 0.261. The first-order valence-electron chi connectivity index (χ1n) is 5.49. The zero-order chi connectivity index (χ0) is 11.7. The van der Waals surface area contributed by atoms with Crippen LogP contribution in [-0.4, -0.2) is 34.3 Å². The predicted molar refractivity (Wildman–Crippen MR) is 63.8 cm³/mol. The van der Waals surface area contributed by atoms with Crippen LogP contribution in [0.5, 0.6) is 0 Å². The second-order valence-electron chi connectivity index (χ2n) is 4.35. The molecule has 16 heavy (non-hydrogen) atoms. The lowest BCUT2D eigenvalue weighted by Crippen LogP contribution is -2.25. The summed E-state index contributed by atoms with van der Waals surface area (Å²) >= 11 is 5.96. The fourth-order valence-electron chi connectivity index (χ4n) is 2.11. The summed E-state index contributed by atoms with van der Waals surface area (Å²) < 4.78 is 0. The minimum Gasteiger partial charge on any atom is -0.393 e. The molecule has 5 heteroatoms. The molecule has 1 fully saturated rings. The lowest BCUT2D eigenvalue weighted by molar-refractivity contribution is 0.136. The van der Waals surface area contributed by atoms with Crippen molar-refractivity contribution < 1.29 is 5.11 Å². The predicted octanol–water partition coefficient (Wildman–Crippen LogP) is 1.65. The fraction of sp³-hybridized carbons (Fsp3) is 0.636. The van der Waals surface area contributed by atoms with E-state index in [9.17, 15) is 5.11 Å². The molecule has 0 aliphatic carbocycles. The van der Waals surface area contributed by atoms with Crippen molar-refractivity contribution in [3.8, 4) is 0 Å². The van der Waals surface area contributed by atoms with E-state index < -0.39 is 0 Å². The van der Waals surface area contributed by atoms with E-state index in [4.69, 9.17) is 11.6 Å². The number of hydrogen-bond acceptors (Lipinski definition) is 4. The summed E-state index contributed by atoms with van der Waals surface area (Å²) in [6, 6.07) is 0. The van der Waals surface area contributed by atoms with Crippen LogP contribution in [0.3, 0.4) is 0 Å². The van der Waals surface area contributed by atoms with Gasteiger partial charge in [-0.3, -0.25) is 0 Å². The average molecular weight is 242 g/mol. The highest BCUT2D eigenvalue weighted by atomic mass is 35.5. The van der Waals surface area contributed by atoms with E-state index in [1.54, 1.807) is 0 Å². The molecule has 0 amide bonds. The Morgan fingerprint density at radius 1 is 1.56 bits per heavy atom. The first-order chi connectivity index (χ1) is 7.59. The second kappa shape index (κ2) is 4.55. The van der Waals surface area contributed by atoms with Crippen molar-refractivity contribution in [1.82, 2.24) is 9.97 Å². The molecule has 1 N–H and O–H groups in total. The van der Waals surface area contributed by atoms with Crippen molar-refractivity contribution in [2.45, 2.75) is 26.4 Å². The van der Waals surface area contributed by atoms with Crippen LogP contribution in [0, 0.1) is 12.8 Å². The van der Waals surface area contributed by atoms with E-state index >= 15 is 0 Å². The van der Waals surface area contributed by atoms with Crippen LogP contribution in [0.4, 0.5) is 5.82 Å². The molecule has 1 aromatic heterocycles. The largest absolute Gasteiger partial charge is 0.393 e. The molecular weight excluding hydrogens is 226 g/mol. The van der Waals surface area contributed by atoms with Gasteiger partial charge in [-0.05, 0) is 20.3 Å². The minimum atomic E-state index is -0.261. The molecule has 2 rings (SSSR count). The lowest BCUT2D eigenvalue weighted by Gasteiger charge is -2.20. The summed E-state index contributed by atoms with van der Waals surface area (Å²) in [5, 5.41) is 10.1. The fourth-order valence-corrected chi connectivity index (χ4v) is 2.24. The number of hydrogen-bond donors (Lipinski definition) is 1. The molecule has 2 unspecified atom stereocenters. The Morgan fingerprint density at radius 2 is 2.31 bits per heavy atom. The molecular formula is C11H16ClN3O. The Morgan fingerprint density at radius 3 is 2.94 bits per heavy atom. The summed E-state index contributed by atoms with van der Waals surface area (Å²) in [5.74, 6) is 1.22. The molecule has 2 heterocycles. The van der Waals surface area contributed by atoms with Gasteiger partial charge < -0.3 is 10.0 Å². The van der Waals surface area contributed by atoms with E-state index in [0.29, 0.717) is 11.1 Å². The number of anilines is 1. The Kier molecular flexibility index (Phi) is 3.30. The number of rotatable bonds is 2. The smallest absolute Gasteiger partial charge is 0.137 e. The first kappa shape index (κ1) is 11.6. The van der Waals surface area contributed by atoms with Crippen LogP contribution >= 0.6 is 11.6 Å². The number of aliphatic hydroxyl groups excluding tert-OH is 1. The van der Waals surface area contributed by atoms with E-state index in [0.717, 1.165) is 30.9 Å². The van der Waals surface area contributed by atoms with Gasteiger partial charge in [-0.1, -0.05) is 11.6 Å². The Balaban J connectivity index is 2.17. The molecule has 0 saturated carbocycles. The maximum absolute atomic E-state index is 9.56. The molecule has 0 spiro atoms. The van der Waals surface area contributed by atoms with Gasteiger partial charge in [0.05, 0.1) is 6.10 Å². The topological polar surface area (TPSA) is 49.2 Å². The molecule has 2 atom stereocenters. The highest BCUT2D eigenvalue weighted by molar-refractivity contribution is 6.30. The van der Waals surface area contributed by atoms with E-state index in [1.807, 2.05) is 13.8 Å². The van der Waals surface area contributed by atoms with Gasteiger partial charge in [-0.25, -0.2) is 9.97 Å². The maximum atomic E-state index is 9.56. The number of aliphatic hydroxyl groups is 1. The van der Waals surface area contributed by atoms with Crippen molar-refractivity contribution >= 4 is 17.4 Å². The lowest BCUT2D eigenvalue weighted by atomic mass is 10.0. The van der Waals surface area contributed by atoms with Gasteiger partial charge in [0, 0.05) is 24.6 Å². The zero-order valence-electron chi connectivity index (χ0n) is 9.52. The number of halogens is 1. The van der Waals surface area contributed by atoms with Gasteiger partial charge in [0.1, 0.15) is 17.3 Å². The van der Waals surface area contributed by atoms with Gasteiger partial charge in [0.25, 0.3) is 0 Å². The number of nitrogens with zero attached hydrogens (tertiary/aromatic N) is 3. The average Bonchev–Trinajstić information content (AvgIpc) is 2.71. The first-order valence-corrected chi connectivity index (χ1v) is 5.87. The van der Waals surface area contributed by atoms with Gasteiger partial charge in [-0.15, -0.1) is 0 Å². The highest BCUT2D eigenvalue weighted by Crippen LogP contribution is 2.28. The molecule has 0 radical (unpaired) electrons. The number of aromatic nitrogens is 2. The standard InChI is InChI=1S/C11H16ClN3O/c1-7-10(12)13-6-14-11(7)15-4-3-9(5-15)8(2)16/h6,8-9,16H,3-5H2,1-2H3. The van der Waals surface area contributed by atoms with Crippen molar-refractivity contribution in [1.29, 1.82) is 0 Å². The molecule has 1 aliphatic heterocycles. The third-order valence-electron chi connectivity index (χ3n) is 3.20. The molecule has 0 bridgehead atoms. The van der Waals surface area contributed by atoms with E-state index in [2.05, 4.69) is 14.9 Å². The Hall–Kier alpha value is -0.870. The summed E-state index contributed by atoms with van der Waals surface area (Å²) in [7, 11) is 0. The van der Waals surface area contributed by atoms with Crippen molar-refractivity contribution in [2.24, 2.45) is 5.92 Å². The van der Waals surface area contributed by atoms with E-state index in [1.165, 1.54) is 6.33 Å². The Bertz CT molecular complexity index is 383. The van der Waals surface area contributed by atoms with Crippen LogP contribution in [0.25, 0.3) is 0 Å². The van der Waals surface area contributed by atoms with Crippen molar-refractivity contribution in [3.63, 3.8) is 0 Å². The van der Waals surface area contributed by atoms with Gasteiger partial charge in [0.2, 0.25) is 0 Å². The van der Waals surface area contributed by atoms with Crippen LogP contribution in [0.15, 0.2) is 6.33 Å². The molecule has 1 saturated heterocycles. The zero-order valence-corrected chi connectivity index (χ0v) is 10.3. The summed E-state index contributed by atoms with van der Waals surface area (Å²) in [6.07, 6.45) is 2.22. The SMILES string of the molecule is Cc1c(Cl)ncnc1N1CCC(C(C)O)C1. The van der Waals surface area contributed by atoms with Crippen LogP contribution in [0.2, 0.25) is 5.15 Å². The third-order valence-corrected chi connectivity index (χ3v) is 3.58. The molecule has 0 aromatic carbocycles. The summed E-state index contributed by atoms with van der Waals surface area (Å²) in [4.78, 5) is 10.4. The van der Waals surface area contributed by atoms with Gasteiger partial charge in [-0.2, -0.15) is 0 Å². The van der Waals surface area contributed by atoms with Crippen LogP contribution in [0.1, 0.15) is 18.9 Å². The summed E-state index contributed by atoms with van der Waals surface area (Å²) in [5.41, 5.74) is 0.912. The van der Waals surface area contributed by atoms with Gasteiger partial charge >= 0.3 is 0 Å². The third kappa shape index (κ3) is 2.13. The molecule has 1 aromatic rings. The maximum Gasteiger partial charge on any atom is 0.137 e. The Labute approximate surface area is 100 Å². The highest BCUT2D eigenvalue weighted by Gasteiger charge is 2.27. The van der Waals surface area contributed by atoms with Crippen molar-refractivity contribution in [3.05, 3.63) is 17.0 Å². The van der Waals surface area contributed by atoms with Crippen LogP contribution in [-0.2, 0) is 0 Å². The van der Waals surface area contributed by atoms with Crippen molar-refractivity contribution in [2.75, 3.05) is 18.0 Å².